The van der Waals surface area contributed by atoms with E-state index in [1.54, 1.807) is 36.4 Å². The first-order chi connectivity index (χ1) is 18.1. The maximum Gasteiger partial charge on any atom is 0.333 e. The van der Waals surface area contributed by atoms with Crippen molar-refractivity contribution >= 4 is 26.9 Å². The number of hydrogen-bond donors (Lipinski definition) is 2. The molecule has 0 saturated carbocycles. The number of carbonyl (C=O) groups is 1. The number of ether oxygens (including phenoxy) is 1. The molecule has 0 bridgehead atoms. The lowest BCUT2D eigenvalue weighted by Gasteiger charge is -2.24. The quantitative estimate of drug-likeness (QED) is 0.311. The number of benzene rings is 3. The molecule has 0 radical (unpaired) electrons. The second kappa shape index (κ2) is 11.0. The predicted molar refractivity (Wildman–Crippen MR) is 139 cm³/mol. The van der Waals surface area contributed by atoms with Crippen molar-refractivity contribution in [3.8, 4) is 11.5 Å². The largest absolute Gasteiger partial charge is 0.480 e. The van der Waals surface area contributed by atoms with Crippen LogP contribution in [0.15, 0.2) is 93.3 Å². The minimum atomic E-state index is -4.26. The first-order valence-electron chi connectivity index (χ1n) is 11.5. The molecule has 0 spiro atoms. The Bertz CT molecular complexity index is 1680. The molecule has 0 aliphatic rings. The average Bonchev–Trinajstić information content (AvgIpc) is 2.91. The summed E-state index contributed by atoms with van der Waals surface area (Å²) in [5.41, 5.74) is -1.27. The molecule has 1 atom stereocenters. The normalized spacial score (nSPS) is 12.5. The van der Waals surface area contributed by atoms with E-state index >= 15 is 0 Å². The number of aliphatic carboxylic acids is 1. The number of carboxylic acids is 1. The van der Waals surface area contributed by atoms with Gasteiger partial charge in [0, 0.05) is 13.6 Å². The van der Waals surface area contributed by atoms with Crippen LogP contribution in [0.4, 0.5) is 0 Å². The summed E-state index contributed by atoms with van der Waals surface area (Å²) in [7, 11) is -3.14. The van der Waals surface area contributed by atoms with Crippen molar-refractivity contribution in [2.24, 2.45) is 0 Å². The van der Waals surface area contributed by atoms with Crippen LogP contribution in [-0.4, -0.2) is 51.1 Å². The van der Waals surface area contributed by atoms with Gasteiger partial charge in [0.05, 0.1) is 15.8 Å². The van der Waals surface area contributed by atoms with Crippen molar-refractivity contribution in [1.82, 2.24) is 13.4 Å². The molecule has 1 heterocycles. The van der Waals surface area contributed by atoms with E-state index in [0.717, 1.165) is 16.2 Å². The zero-order valence-electron chi connectivity index (χ0n) is 20.3. The molecule has 4 rings (SSSR count). The van der Waals surface area contributed by atoms with E-state index in [1.165, 1.54) is 36.4 Å². The van der Waals surface area contributed by atoms with Gasteiger partial charge in [-0.3, -0.25) is 18.7 Å². The maximum absolute atomic E-state index is 13.2. The van der Waals surface area contributed by atoms with Gasteiger partial charge in [0.15, 0.2) is 0 Å². The van der Waals surface area contributed by atoms with E-state index in [4.69, 9.17) is 4.74 Å². The molecule has 3 aromatic carbocycles. The number of aliphatic hydroxyl groups is 1. The third-order valence-corrected chi connectivity index (χ3v) is 7.98. The van der Waals surface area contributed by atoms with E-state index in [-0.39, 0.29) is 28.8 Å². The van der Waals surface area contributed by atoms with Crippen LogP contribution < -0.4 is 16.0 Å². The minimum absolute atomic E-state index is 0.155. The molecule has 12 heteroatoms. The second-order valence-corrected chi connectivity index (χ2v) is 10.4. The Hall–Kier alpha value is -4.26. The topological polar surface area (TPSA) is 148 Å². The first kappa shape index (κ1) is 26.8. The number of para-hydroxylation sites is 2. The second-order valence-electron chi connectivity index (χ2n) is 8.38. The Morgan fingerprint density at radius 1 is 0.921 bits per heavy atom. The van der Waals surface area contributed by atoms with Gasteiger partial charge < -0.3 is 14.9 Å². The Morgan fingerprint density at radius 3 is 2.16 bits per heavy atom. The number of fused-ring (bicyclic) bond motifs is 1. The van der Waals surface area contributed by atoms with Crippen molar-refractivity contribution in [3.63, 3.8) is 0 Å². The number of likely N-dealkylation sites (N-methyl/N-ethyl adjacent to an activating group) is 1. The van der Waals surface area contributed by atoms with E-state index < -0.39 is 40.0 Å². The molecule has 2 N–H and O–H groups in total. The van der Waals surface area contributed by atoms with E-state index in [9.17, 15) is 33.0 Å². The number of carboxylic acid groups (broad SMARTS) is 1. The average molecular weight is 540 g/mol. The van der Waals surface area contributed by atoms with Gasteiger partial charge in [0.2, 0.25) is 10.0 Å². The monoisotopic (exact) mass is 539 g/mol. The predicted octanol–water partition coefficient (Wildman–Crippen LogP) is 2.07. The molecule has 0 fully saturated rings. The molecule has 1 aromatic heterocycles. The minimum Gasteiger partial charge on any atom is -0.480 e. The SMILES string of the molecule is CN(C(CCn1c(=O)c2ccccc2n(CO)c1=O)C(=O)O)S(=O)(=O)c1ccc(Oc2ccccc2)cc1. The molecule has 11 nitrogen and oxygen atoms in total. The molecule has 0 aliphatic carbocycles. The van der Waals surface area contributed by atoms with Crippen LogP contribution in [0.25, 0.3) is 10.9 Å². The highest BCUT2D eigenvalue weighted by molar-refractivity contribution is 7.89. The highest BCUT2D eigenvalue weighted by Gasteiger charge is 2.33. The molecule has 1 unspecified atom stereocenters. The lowest BCUT2D eigenvalue weighted by atomic mass is 10.2. The van der Waals surface area contributed by atoms with Crippen LogP contribution in [0.1, 0.15) is 6.42 Å². The van der Waals surface area contributed by atoms with E-state index in [0.29, 0.717) is 15.8 Å². The van der Waals surface area contributed by atoms with Crippen LogP contribution in [0.5, 0.6) is 11.5 Å². The zero-order valence-corrected chi connectivity index (χ0v) is 21.1. The van der Waals surface area contributed by atoms with Crippen LogP contribution in [0.3, 0.4) is 0 Å². The third kappa shape index (κ3) is 5.23. The van der Waals surface area contributed by atoms with Gasteiger partial charge >= 0.3 is 11.7 Å². The summed E-state index contributed by atoms with van der Waals surface area (Å²) in [4.78, 5) is 37.7. The number of rotatable bonds is 10. The molecule has 0 saturated heterocycles. The van der Waals surface area contributed by atoms with Gasteiger partial charge in [0.25, 0.3) is 5.56 Å². The fourth-order valence-corrected chi connectivity index (χ4v) is 5.40. The number of sulfonamides is 1. The van der Waals surface area contributed by atoms with Gasteiger partial charge in [-0.25, -0.2) is 13.2 Å². The first-order valence-corrected chi connectivity index (χ1v) is 13.0. The van der Waals surface area contributed by atoms with E-state index in [1.807, 2.05) is 6.07 Å². The highest BCUT2D eigenvalue weighted by atomic mass is 32.2. The molecule has 198 valence electrons. The van der Waals surface area contributed by atoms with Gasteiger partial charge in [0.1, 0.15) is 24.3 Å². The molecule has 38 heavy (non-hydrogen) atoms. The van der Waals surface area contributed by atoms with Crippen LogP contribution in [0, 0.1) is 0 Å². The van der Waals surface area contributed by atoms with Gasteiger partial charge in [-0.15, -0.1) is 0 Å². The summed E-state index contributed by atoms with van der Waals surface area (Å²) in [5, 5.41) is 19.7. The van der Waals surface area contributed by atoms with Crippen molar-refractivity contribution in [2.75, 3.05) is 7.05 Å². The van der Waals surface area contributed by atoms with Crippen molar-refractivity contribution in [2.45, 2.75) is 30.6 Å². The lowest BCUT2D eigenvalue weighted by Crippen LogP contribution is -2.45. The Kier molecular flexibility index (Phi) is 7.76. The van der Waals surface area contributed by atoms with Crippen molar-refractivity contribution in [1.29, 1.82) is 0 Å². The smallest absolute Gasteiger partial charge is 0.333 e. The van der Waals surface area contributed by atoms with Gasteiger partial charge in [-0.2, -0.15) is 4.31 Å². The summed E-state index contributed by atoms with van der Waals surface area (Å²) in [6.07, 6.45) is -0.376. The summed E-state index contributed by atoms with van der Waals surface area (Å²) < 4.78 is 34.6. The fourth-order valence-electron chi connectivity index (χ4n) is 4.05. The van der Waals surface area contributed by atoms with Crippen molar-refractivity contribution in [3.05, 3.63) is 99.7 Å². The molecule has 0 amide bonds. The standard InChI is InChI=1S/C26H25N3O8S/c1-27(38(35,36)20-13-11-19(12-14-20)37-18-7-3-2-4-8-18)23(25(32)33)15-16-28-24(31)21-9-5-6-10-22(21)29(17-30)26(28)34/h2-14,23,30H,15-17H2,1H3,(H,32,33). The number of aromatic nitrogens is 2. The molecule has 0 aliphatic heterocycles. The zero-order chi connectivity index (χ0) is 27.4. The van der Waals surface area contributed by atoms with Crippen molar-refractivity contribution < 1.29 is 28.2 Å². The summed E-state index contributed by atoms with van der Waals surface area (Å²) >= 11 is 0. The Labute approximate surface area is 217 Å². The maximum atomic E-state index is 13.2. The van der Waals surface area contributed by atoms with Gasteiger partial charge in [-0.05, 0) is 55.0 Å². The number of nitrogens with zero attached hydrogens (tertiary/aromatic N) is 3. The van der Waals surface area contributed by atoms with Crippen LogP contribution >= 0.6 is 0 Å². The van der Waals surface area contributed by atoms with Gasteiger partial charge in [-0.1, -0.05) is 30.3 Å². The number of hydrogen-bond acceptors (Lipinski definition) is 7. The lowest BCUT2D eigenvalue weighted by molar-refractivity contribution is -0.141. The molecular formula is C26H25N3O8S. The van der Waals surface area contributed by atoms with Crippen LogP contribution in [-0.2, 0) is 28.1 Å². The fraction of sp³-hybridized carbons (Fsp3) is 0.192. The third-order valence-electron chi connectivity index (χ3n) is 6.10. The molecular weight excluding hydrogens is 514 g/mol. The number of aliphatic hydroxyl groups excluding tert-OH is 1. The van der Waals surface area contributed by atoms with Crippen LogP contribution in [0.2, 0.25) is 0 Å². The Balaban J connectivity index is 1.58. The summed E-state index contributed by atoms with van der Waals surface area (Å²) in [6, 6.07) is 19.0. The molecule has 4 aromatic rings. The summed E-state index contributed by atoms with van der Waals surface area (Å²) in [5.74, 6) is -0.491. The Morgan fingerprint density at radius 2 is 1.53 bits per heavy atom. The highest BCUT2D eigenvalue weighted by Crippen LogP contribution is 2.25. The summed E-state index contributed by atoms with van der Waals surface area (Å²) in [6.45, 7) is -1.08. The van der Waals surface area contributed by atoms with E-state index in [2.05, 4.69) is 0 Å².